The van der Waals surface area contributed by atoms with Crippen molar-refractivity contribution in [3.63, 3.8) is 0 Å². The number of nitrogens with one attached hydrogen (secondary N) is 1. The third kappa shape index (κ3) is 3.61. The summed E-state index contributed by atoms with van der Waals surface area (Å²) in [4.78, 5) is 45.3. The van der Waals surface area contributed by atoms with Crippen molar-refractivity contribution in [3.05, 3.63) is 36.0 Å². The Balaban J connectivity index is 1.32. The quantitative estimate of drug-likeness (QED) is 0.865. The van der Waals surface area contributed by atoms with Crippen LogP contribution in [-0.4, -0.2) is 76.7 Å². The molecule has 0 radical (unpaired) electrons. The number of H-pyrrole nitrogens is 1. The van der Waals surface area contributed by atoms with E-state index in [2.05, 4.69) is 11.1 Å². The molecule has 0 saturated carbocycles. The molecule has 7 nitrogen and oxygen atoms in total. The van der Waals surface area contributed by atoms with E-state index in [1.54, 1.807) is 16.7 Å². The van der Waals surface area contributed by atoms with Gasteiger partial charge < -0.3 is 19.7 Å². The summed E-state index contributed by atoms with van der Waals surface area (Å²) in [7, 11) is 0. The van der Waals surface area contributed by atoms with Crippen LogP contribution in [0.5, 0.6) is 0 Å². The fourth-order valence-corrected chi connectivity index (χ4v) is 4.25. The molecule has 1 atom stereocenters. The van der Waals surface area contributed by atoms with Gasteiger partial charge in [-0.15, -0.1) is 0 Å². The molecule has 2 fully saturated rings. The Morgan fingerprint density at radius 2 is 1.82 bits per heavy atom. The number of hydrogen-bond donors (Lipinski definition) is 1. The van der Waals surface area contributed by atoms with Gasteiger partial charge >= 0.3 is 0 Å². The summed E-state index contributed by atoms with van der Waals surface area (Å²) in [6.07, 6.45) is 3.07. The number of carbonyl (C=O) groups is 3. The van der Waals surface area contributed by atoms with Crippen molar-refractivity contribution in [2.45, 2.75) is 19.8 Å². The highest BCUT2D eigenvalue weighted by atomic mass is 16.2. The number of carbonyl (C=O) groups excluding carboxylic acids is 3. The predicted octanol–water partition coefficient (Wildman–Crippen LogP) is 1.25. The van der Waals surface area contributed by atoms with Crippen molar-refractivity contribution in [2.75, 3.05) is 39.3 Å². The van der Waals surface area contributed by atoms with E-state index in [-0.39, 0.29) is 23.6 Å². The van der Waals surface area contributed by atoms with E-state index in [9.17, 15) is 14.4 Å². The SMILES string of the molecule is CC(=O)N1CCN(C(=O)C2CC(=O)N(CCc3c[nH]c4ccccc34)C2)CC1. The normalized spacial score (nSPS) is 20.2. The van der Waals surface area contributed by atoms with E-state index in [1.165, 1.54) is 10.9 Å². The van der Waals surface area contributed by atoms with E-state index in [4.69, 9.17) is 0 Å². The molecule has 2 aliphatic heterocycles. The zero-order valence-corrected chi connectivity index (χ0v) is 16.2. The van der Waals surface area contributed by atoms with Crippen molar-refractivity contribution in [1.82, 2.24) is 19.7 Å². The summed E-state index contributed by atoms with van der Waals surface area (Å²) in [5.74, 6) is -0.113. The van der Waals surface area contributed by atoms with Gasteiger partial charge in [0.15, 0.2) is 0 Å². The maximum absolute atomic E-state index is 12.8. The summed E-state index contributed by atoms with van der Waals surface area (Å²) in [5.41, 5.74) is 2.29. The first-order chi connectivity index (χ1) is 13.5. The highest BCUT2D eigenvalue weighted by Gasteiger charge is 2.37. The van der Waals surface area contributed by atoms with Crippen molar-refractivity contribution >= 4 is 28.6 Å². The average Bonchev–Trinajstić information content (AvgIpc) is 3.29. The lowest BCUT2D eigenvalue weighted by molar-refractivity contribution is -0.141. The molecule has 7 heteroatoms. The van der Waals surface area contributed by atoms with Gasteiger partial charge in [-0.05, 0) is 18.1 Å². The molecule has 1 aromatic carbocycles. The number of piperazine rings is 1. The molecule has 148 valence electrons. The zero-order chi connectivity index (χ0) is 19.7. The largest absolute Gasteiger partial charge is 0.361 e. The number of likely N-dealkylation sites (tertiary alicyclic amines) is 1. The number of aromatic amines is 1. The van der Waals surface area contributed by atoms with E-state index < -0.39 is 0 Å². The number of rotatable bonds is 4. The lowest BCUT2D eigenvalue weighted by atomic mass is 10.1. The molecule has 2 aromatic rings. The number of aromatic nitrogens is 1. The third-order valence-corrected chi connectivity index (χ3v) is 5.93. The van der Waals surface area contributed by atoms with Crippen LogP contribution >= 0.6 is 0 Å². The number of fused-ring (bicyclic) bond motifs is 1. The molecule has 1 unspecified atom stereocenters. The Morgan fingerprint density at radius 1 is 1.11 bits per heavy atom. The molecule has 2 saturated heterocycles. The number of para-hydroxylation sites is 1. The lowest BCUT2D eigenvalue weighted by Crippen LogP contribution is -2.51. The Bertz CT molecular complexity index is 898. The maximum atomic E-state index is 12.8. The van der Waals surface area contributed by atoms with Gasteiger partial charge in [0.2, 0.25) is 17.7 Å². The van der Waals surface area contributed by atoms with Crippen LogP contribution in [0.3, 0.4) is 0 Å². The van der Waals surface area contributed by atoms with Crippen LogP contribution in [0.4, 0.5) is 0 Å². The van der Waals surface area contributed by atoms with Crippen LogP contribution in [-0.2, 0) is 20.8 Å². The van der Waals surface area contributed by atoms with Gasteiger partial charge in [-0.25, -0.2) is 0 Å². The lowest BCUT2D eigenvalue weighted by Gasteiger charge is -2.35. The van der Waals surface area contributed by atoms with E-state index in [0.717, 1.165) is 11.9 Å². The molecule has 2 aliphatic rings. The Kier molecular flexibility index (Phi) is 5.07. The molecule has 4 rings (SSSR count). The molecule has 0 spiro atoms. The molecule has 0 aliphatic carbocycles. The van der Waals surface area contributed by atoms with Crippen LogP contribution in [0, 0.1) is 5.92 Å². The maximum Gasteiger partial charge on any atom is 0.228 e. The monoisotopic (exact) mass is 382 g/mol. The van der Waals surface area contributed by atoms with Gasteiger partial charge in [0.1, 0.15) is 0 Å². The van der Waals surface area contributed by atoms with Crippen LogP contribution in [0.25, 0.3) is 10.9 Å². The molecule has 1 aromatic heterocycles. The second-order valence-electron chi connectivity index (χ2n) is 7.68. The van der Waals surface area contributed by atoms with Crippen LogP contribution in [0.2, 0.25) is 0 Å². The second kappa shape index (κ2) is 7.66. The topological polar surface area (TPSA) is 76.7 Å². The van der Waals surface area contributed by atoms with E-state index in [0.29, 0.717) is 45.7 Å². The van der Waals surface area contributed by atoms with Gasteiger partial charge in [-0.3, -0.25) is 14.4 Å². The van der Waals surface area contributed by atoms with Crippen molar-refractivity contribution < 1.29 is 14.4 Å². The smallest absolute Gasteiger partial charge is 0.228 e. The Labute approximate surface area is 164 Å². The molecular formula is C21H26N4O3. The summed E-state index contributed by atoms with van der Waals surface area (Å²) in [6, 6.07) is 8.14. The number of nitrogens with zero attached hydrogens (tertiary/aromatic N) is 3. The minimum absolute atomic E-state index is 0.0474. The standard InChI is InChI=1S/C21H26N4O3/c1-15(26)23-8-10-24(11-9-23)21(28)17-12-20(27)25(14-17)7-6-16-13-22-19-5-3-2-4-18(16)19/h2-5,13,17,22H,6-12,14H2,1H3. The summed E-state index contributed by atoms with van der Waals surface area (Å²) in [5, 5.41) is 1.19. The van der Waals surface area contributed by atoms with E-state index >= 15 is 0 Å². The van der Waals surface area contributed by atoms with Crippen molar-refractivity contribution in [3.8, 4) is 0 Å². The van der Waals surface area contributed by atoms with E-state index in [1.807, 2.05) is 29.3 Å². The molecule has 3 heterocycles. The van der Waals surface area contributed by atoms with Crippen LogP contribution in [0.1, 0.15) is 18.9 Å². The predicted molar refractivity (Wildman–Crippen MR) is 106 cm³/mol. The fraction of sp³-hybridized carbons (Fsp3) is 0.476. The Morgan fingerprint density at radius 3 is 2.57 bits per heavy atom. The number of hydrogen-bond acceptors (Lipinski definition) is 3. The van der Waals surface area contributed by atoms with Crippen LogP contribution in [0.15, 0.2) is 30.5 Å². The van der Waals surface area contributed by atoms with Gasteiger partial charge in [-0.2, -0.15) is 0 Å². The molecule has 1 N–H and O–H groups in total. The van der Waals surface area contributed by atoms with Crippen molar-refractivity contribution in [1.29, 1.82) is 0 Å². The Hall–Kier alpha value is -2.83. The minimum atomic E-state index is -0.264. The van der Waals surface area contributed by atoms with Crippen molar-refractivity contribution in [2.24, 2.45) is 5.92 Å². The average molecular weight is 382 g/mol. The van der Waals surface area contributed by atoms with Crippen LogP contribution < -0.4 is 0 Å². The first-order valence-corrected chi connectivity index (χ1v) is 9.90. The highest BCUT2D eigenvalue weighted by molar-refractivity contribution is 5.89. The molecule has 28 heavy (non-hydrogen) atoms. The van der Waals surface area contributed by atoms with Gasteiger partial charge in [0.05, 0.1) is 5.92 Å². The molecule has 3 amide bonds. The number of amides is 3. The van der Waals surface area contributed by atoms with Gasteiger partial charge in [0, 0.05) is 69.7 Å². The van der Waals surface area contributed by atoms with Gasteiger partial charge in [0.25, 0.3) is 0 Å². The first kappa shape index (κ1) is 18.5. The molecule has 0 bridgehead atoms. The summed E-state index contributed by atoms with van der Waals surface area (Å²) in [6.45, 7) is 4.93. The highest BCUT2D eigenvalue weighted by Crippen LogP contribution is 2.23. The number of benzene rings is 1. The van der Waals surface area contributed by atoms with Gasteiger partial charge in [-0.1, -0.05) is 18.2 Å². The minimum Gasteiger partial charge on any atom is -0.361 e. The third-order valence-electron chi connectivity index (χ3n) is 5.93. The summed E-state index contributed by atoms with van der Waals surface area (Å²) < 4.78 is 0. The second-order valence-corrected chi connectivity index (χ2v) is 7.68. The summed E-state index contributed by atoms with van der Waals surface area (Å²) >= 11 is 0. The fourth-order valence-electron chi connectivity index (χ4n) is 4.25. The zero-order valence-electron chi connectivity index (χ0n) is 16.2. The molecular weight excluding hydrogens is 356 g/mol. The first-order valence-electron chi connectivity index (χ1n) is 9.90.